The lowest BCUT2D eigenvalue weighted by Crippen LogP contribution is -2.41. The number of methoxy groups -OCH3 is 1. The molecule has 0 radical (unpaired) electrons. The summed E-state index contributed by atoms with van der Waals surface area (Å²) in [4.78, 5) is -0.166. The van der Waals surface area contributed by atoms with Crippen LogP contribution in [0.3, 0.4) is 0 Å². The summed E-state index contributed by atoms with van der Waals surface area (Å²) in [6.45, 7) is -1.98. The summed E-state index contributed by atoms with van der Waals surface area (Å²) in [6, 6.07) is 3.96. The molecule has 1 aromatic carbocycles. The smallest absolute Gasteiger partial charge is 0.273 e. The first-order chi connectivity index (χ1) is 8.72. The number of hydrogen-bond donors (Lipinski definition) is 2. The maximum atomic E-state index is 12.9. The molecule has 0 saturated heterocycles. The van der Waals surface area contributed by atoms with Crippen molar-refractivity contribution in [1.29, 1.82) is 0 Å². The van der Waals surface area contributed by atoms with Crippen molar-refractivity contribution >= 4 is 38.4 Å². The van der Waals surface area contributed by atoms with E-state index < -0.39 is 29.0 Å². The number of nitrogens with two attached hydrogens (primary N) is 1. The first-order valence-corrected chi connectivity index (χ1v) is 7.40. The highest BCUT2D eigenvalue weighted by molar-refractivity contribution is 9.10. The normalized spacial score (nSPS) is 11.8. The number of benzene rings is 1. The minimum Gasteiger partial charge on any atom is -0.496 e. The van der Waals surface area contributed by atoms with Gasteiger partial charge in [-0.1, -0.05) is 0 Å². The van der Waals surface area contributed by atoms with Crippen LogP contribution in [0.4, 0.5) is 8.78 Å². The van der Waals surface area contributed by atoms with Gasteiger partial charge in [0, 0.05) is 6.07 Å². The Kier molecular flexibility index (Phi) is 7.33. The molecule has 10 heteroatoms. The van der Waals surface area contributed by atoms with Crippen LogP contribution >= 0.6 is 28.3 Å². The summed E-state index contributed by atoms with van der Waals surface area (Å²) in [6.07, 6.45) is 0. The van der Waals surface area contributed by atoms with Gasteiger partial charge in [-0.2, -0.15) is 0 Å². The number of sulfonamides is 1. The number of alkyl halides is 2. The molecule has 0 saturated carbocycles. The van der Waals surface area contributed by atoms with E-state index in [4.69, 9.17) is 10.5 Å². The van der Waals surface area contributed by atoms with Crippen molar-refractivity contribution in [2.24, 2.45) is 5.73 Å². The minimum atomic E-state index is -4.04. The van der Waals surface area contributed by atoms with Crippen LogP contribution < -0.4 is 15.2 Å². The van der Waals surface area contributed by atoms with E-state index in [1.54, 1.807) is 0 Å². The molecule has 0 fully saturated rings. The summed E-state index contributed by atoms with van der Waals surface area (Å²) >= 11 is 3.16. The fraction of sp³-hybridized carbons (Fsp3) is 0.400. The third kappa shape index (κ3) is 5.13. The van der Waals surface area contributed by atoms with E-state index in [0.717, 1.165) is 0 Å². The van der Waals surface area contributed by atoms with Gasteiger partial charge in [0.1, 0.15) is 5.75 Å². The van der Waals surface area contributed by atoms with E-state index in [-0.39, 0.29) is 23.1 Å². The van der Waals surface area contributed by atoms with Gasteiger partial charge in [0.2, 0.25) is 10.0 Å². The highest BCUT2D eigenvalue weighted by Gasteiger charge is 2.29. The van der Waals surface area contributed by atoms with Crippen molar-refractivity contribution in [3.63, 3.8) is 0 Å². The number of rotatable bonds is 6. The number of nitrogens with one attached hydrogen (secondary N) is 1. The van der Waals surface area contributed by atoms with Crippen LogP contribution in [-0.4, -0.2) is 34.5 Å². The molecule has 0 atom stereocenters. The predicted octanol–water partition coefficient (Wildman–Crippen LogP) is 1.75. The van der Waals surface area contributed by atoms with Crippen LogP contribution in [0.25, 0.3) is 0 Å². The van der Waals surface area contributed by atoms with Gasteiger partial charge < -0.3 is 10.5 Å². The zero-order valence-electron chi connectivity index (χ0n) is 10.4. The van der Waals surface area contributed by atoms with Gasteiger partial charge in [0.25, 0.3) is 5.92 Å². The SMILES string of the molecule is COc1cc(S(=O)(=O)NCC(F)(F)CN)ccc1Br.Cl. The Morgan fingerprint density at radius 3 is 2.55 bits per heavy atom. The number of ether oxygens (including phenoxy) is 1. The summed E-state index contributed by atoms with van der Waals surface area (Å²) < 4.78 is 56.8. The monoisotopic (exact) mass is 394 g/mol. The van der Waals surface area contributed by atoms with Crippen LogP contribution in [0.15, 0.2) is 27.6 Å². The van der Waals surface area contributed by atoms with Crippen molar-refractivity contribution in [2.45, 2.75) is 10.8 Å². The fourth-order valence-electron chi connectivity index (χ4n) is 1.16. The Bertz CT molecular complexity index is 557. The van der Waals surface area contributed by atoms with Gasteiger partial charge >= 0.3 is 0 Å². The molecule has 3 N–H and O–H groups in total. The topological polar surface area (TPSA) is 81.4 Å². The maximum absolute atomic E-state index is 12.9. The first kappa shape index (κ1) is 19.5. The van der Waals surface area contributed by atoms with E-state index in [1.807, 2.05) is 4.72 Å². The Morgan fingerprint density at radius 1 is 1.45 bits per heavy atom. The lowest BCUT2D eigenvalue weighted by molar-refractivity contribution is 0.0170. The van der Waals surface area contributed by atoms with Crippen molar-refractivity contribution in [3.8, 4) is 5.75 Å². The molecule has 0 unspecified atom stereocenters. The minimum absolute atomic E-state index is 0. The van der Waals surface area contributed by atoms with Gasteiger partial charge in [-0.15, -0.1) is 12.4 Å². The lowest BCUT2D eigenvalue weighted by Gasteiger charge is -2.15. The first-order valence-electron chi connectivity index (χ1n) is 5.13. The van der Waals surface area contributed by atoms with Crippen LogP contribution in [0.2, 0.25) is 0 Å². The van der Waals surface area contributed by atoms with E-state index in [2.05, 4.69) is 15.9 Å². The van der Waals surface area contributed by atoms with E-state index in [1.165, 1.54) is 25.3 Å². The molecule has 0 heterocycles. The highest BCUT2D eigenvalue weighted by atomic mass is 79.9. The molecule has 0 aromatic heterocycles. The molecule has 20 heavy (non-hydrogen) atoms. The van der Waals surface area contributed by atoms with Gasteiger partial charge in [-0.25, -0.2) is 21.9 Å². The molecule has 0 spiro atoms. The van der Waals surface area contributed by atoms with Gasteiger partial charge in [0.15, 0.2) is 0 Å². The average molecular weight is 396 g/mol. The van der Waals surface area contributed by atoms with Crippen molar-refractivity contribution in [3.05, 3.63) is 22.7 Å². The number of hydrogen-bond acceptors (Lipinski definition) is 4. The molecule has 0 aliphatic rings. The molecule has 0 amide bonds. The van der Waals surface area contributed by atoms with E-state index in [0.29, 0.717) is 4.47 Å². The van der Waals surface area contributed by atoms with Gasteiger partial charge in [-0.3, -0.25) is 0 Å². The summed E-state index contributed by atoms with van der Waals surface area (Å²) in [5.41, 5.74) is 4.83. The fourth-order valence-corrected chi connectivity index (χ4v) is 2.65. The maximum Gasteiger partial charge on any atom is 0.273 e. The Hall–Kier alpha value is -0.480. The molecule has 1 aromatic rings. The van der Waals surface area contributed by atoms with Gasteiger partial charge in [-0.05, 0) is 28.1 Å². The second-order valence-corrected chi connectivity index (χ2v) is 6.30. The Labute approximate surface area is 130 Å². The zero-order valence-corrected chi connectivity index (χ0v) is 13.6. The number of halogens is 4. The predicted molar refractivity (Wildman–Crippen MR) is 77.1 cm³/mol. The van der Waals surface area contributed by atoms with Crippen LogP contribution in [-0.2, 0) is 10.0 Å². The summed E-state index contributed by atoms with van der Waals surface area (Å²) in [5.74, 6) is -3.00. The Morgan fingerprint density at radius 2 is 2.05 bits per heavy atom. The van der Waals surface area contributed by atoms with Crippen molar-refractivity contribution in [1.82, 2.24) is 4.72 Å². The summed E-state index contributed by atoms with van der Waals surface area (Å²) in [7, 11) is -2.67. The van der Waals surface area contributed by atoms with Crippen LogP contribution in [0.5, 0.6) is 5.75 Å². The van der Waals surface area contributed by atoms with Crippen LogP contribution in [0.1, 0.15) is 0 Å². The van der Waals surface area contributed by atoms with Crippen LogP contribution in [0, 0.1) is 0 Å². The molecule has 5 nitrogen and oxygen atoms in total. The Balaban J connectivity index is 0.00000361. The standard InChI is InChI=1S/C10H13BrF2N2O3S.ClH/c1-18-9-4-7(2-3-8(9)11)19(16,17)15-6-10(12,13)5-14;/h2-4,15H,5-6,14H2,1H3;1H. The van der Waals surface area contributed by atoms with Gasteiger partial charge in [0.05, 0.1) is 29.6 Å². The summed E-state index contributed by atoms with van der Waals surface area (Å²) in [5, 5.41) is 0. The molecule has 0 bridgehead atoms. The van der Waals surface area contributed by atoms with E-state index >= 15 is 0 Å². The van der Waals surface area contributed by atoms with E-state index in [9.17, 15) is 17.2 Å². The highest BCUT2D eigenvalue weighted by Crippen LogP contribution is 2.27. The quantitative estimate of drug-likeness (QED) is 0.769. The molecule has 1 rings (SSSR count). The third-order valence-electron chi connectivity index (χ3n) is 2.25. The third-order valence-corrected chi connectivity index (χ3v) is 4.31. The molecular weight excluding hydrogens is 382 g/mol. The largest absolute Gasteiger partial charge is 0.496 e. The second-order valence-electron chi connectivity index (χ2n) is 3.68. The molecule has 0 aliphatic heterocycles. The second kappa shape index (κ2) is 7.51. The molecule has 116 valence electrons. The van der Waals surface area contributed by atoms with Crippen molar-refractivity contribution < 1.29 is 21.9 Å². The average Bonchev–Trinajstić information content (AvgIpc) is 2.37. The zero-order chi connectivity index (χ0) is 14.7. The van der Waals surface area contributed by atoms with Crippen molar-refractivity contribution in [2.75, 3.05) is 20.2 Å². The lowest BCUT2D eigenvalue weighted by atomic mass is 10.3. The molecular formula is C10H14BrClF2N2O3S. The molecule has 0 aliphatic carbocycles.